The Bertz CT molecular complexity index is 386. The molecule has 1 aromatic rings. The molecular weight excluding hydrogens is 198 g/mol. The largest absolute Gasteiger partial charge is 0.387 e. The van der Waals surface area contributed by atoms with Gasteiger partial charge in [-0.15, -0.1) is 0 Å². The van der Waals surface area contributed by atoms with Crippen molar-refractivity contribution < 1.29 is 5.11 Å². The number of benzene rings is 1. The summed E-state index contributed by atoms with van der Waals surface area (Å²) in [7, 11) is 2.15. The second-order valence-corrected chi connectivity index (χ2v) is 5.30. The molecule has 2 aliphatic rings. The third-order valence-corrected chi connectivity index (χ3v) is 3.98. The van der Waals surface area contributed by atoms with Gasteiger partial charge in [-0.2, -0.15) is 0 Å². The second-order valence-electron chi connectivity index (χ2n) is 5.30. The van der Waals surface area contributed by atoms with Gasteiger partial charge >= 0.3 is 0 Å². The van der Waals surface area contributed by atoms with Crippen molar-refractivity contribution in [3.05, 3.63) is 35.4 Å². The highest BCUT2D eigenvalue weighted by molar-refractivity contribution is 5.35. The van der Waals surface area contributed by atoms with Crippen molar-refractivity contribution in [1.82, 2.24) is 4.90 Å². The quantitative estimate of drug-likeness (QED) is 0.837. The van der Waals surface area contributed by atoms with Gasteiger partial charge in [0.15, 0.2) is 0 Å². The lowest BCUT2D eigenvalue weighted by Gasteiger charge is -2.27. The molecule has 2 atom stereocenters. The highest BCUT2D eigenvalue weighted by Crippen LogP contribution is 2.36. The lowest BCUT2D eigenvalue weighted by molar-refractivity contribution is 0.0736. The van der Waals surface area contributed by atoms with Crippen molar-refractivity contribution in [1.29, 1.82) is 0 Å². The first kappa shape index (κ1) is 10.3. The molecule has 0 amide bonds. The number of fused-ring (bicyclic) bond motifs is 1. The first-order chi connectivity index (χ1) is 7.75. The van der Waals surface area contributed by atoms with E-state index in [1.807, 2.05) is 6.07 Å². The zero-order valence-electron chi connectivity index (χ0n) is 9.76. The summed E-state index contributed by atoms with van der Waals surface area (Å²) in [5.41, 5.74) is 2.46. The Hall–Kier alpha value is -0.860. The van der Waals surface area contributed by atoms with Gasteiger partial charge in [0.1, 0.15) is 0 Å². The zero-order valence-corrected chi connectivity index (χ0v) is 9.76. The Labute approximate surface area is 96.9 Å². The van der Waals surface area contributed by atoms with E-state index in [1.54, 1.807) is 0 Å². The highest BCUT2D eigenvalue weighted by atomic mass is 16.3. The average molecular weight is 217 g/mol. The maximum Gasteiger partial charge on any atom is 0.0950 e. The molecule has 0 radical (unpaired) electrons. The van der Waals surface area contributed by atoms with Gasteiger partial charge in [0.2, 0.25) is 0 Å². The number of nitrogens with zero attached hydrogens (tertiary/aromatic N) is 1. The third kappa shape index (κ3) is 1.76. The predicted molar refractivity (Wildman–Crippen MR) is 64.2 cm³/mol. The van der Waals surface area contributed by atoms with Gasteiger partial charge < -0.3 is 5.11 Å². The van der Waals surface area contributed by atoms with Crippen LogP contribution < -0.4 is 0 Å². The molecule has 0 saturated heterocycles. The van der Waals surface area contributed by atoms with Gasteiger partial charge in [-0.05, 0) is 43.4 Å². The standard InChI is InChI=1S/C14H19NO/c1-15(9-10-6-7-10)13-8-11-4-2-3-5-12(11)14(13)16/h2-5,10,13-14,16H,6-9H2,1H3. The molecule has 16 heavy (non-hydrogen) atoms. The van der Waals surface area contributed by atoms with Crippen LogP contribution >= 0.6 is 0 Å². The Morgan fingerprint density at radius 1 is 1.31 bits per heavy atom. The van der Waals surface area contributed by atoms with Gasteiger partial charge in [-0.3, -0.25) is 4.90 Å². The van der Waals surface area contributed by atoms with E-state index in [0.29, 0.717) is 0 Å². The topological polar surface area (TPSA) is 23.5 Å². The molecule has 0 bridgehead atoms. The minimum absolute atomic E-state index is 0.290. The minimum Gasteiger partial charge on any atom is -0.387 e. The summed E-state index contributed by atoms with van der Waals surface area (Å²) < 4.78 is 0. The van der Waals surface area contributed by atoms with E-state index in [1.165, 1.54) is 18.4 Å². The minimum atomic E-state index is -0.292. The molecular formula is C14H19NO. The van der Waals surface area contributed by atoms with Crippen molar-refractivity contribution in [3.63, 3.8) is 0 Å². The van der Waals surface area contributed by atoms with Gasteiger partial charge in [0, 0.05) is 12.6 Å². The molecule has 0 heterocycles. The summed E-state index contributed by atoms with van der Waals surface area (Å²) >= 11 is 0. The molecule has 0 aromatic heterocycles. The lowest BCUT2D eigenvalue weighted by atomic mass is 10.1. The van der Waals surface area contributed by atoms with Crippen molar-refractivity contribution in [2.75, 3.05) is 13.6 Å². The normalized spacial score (nSPS) is 28.4. The molecule has 0 spiro atoms. The Balaban J connectivity index is 1.75. The van der Waals surface area contributed by atoms with Crippen LogP contribution in [0.4, 0.5) is 0 Å². The van der Waals surface area contributed by atoms with E-state index in [0.717, 1.165) is 24.4 Å². The fourth-order valence-electron chi connectivity index (χ4n) is 2.79. The van der Waals surface area contributed by atoms with Gasteiger partial charge in [0.25, 0.3) is 0 Å². The molecule has 2 unspecified atom stereocenters. The Morgan fingerprint density at radius 2 is 2.06 bits per heavy atom. The Kier molecular flexibility index (Phi) is 2.49. The van der Waals surface area contributed by atoms with Crippen LogP contribution in [-0.4, -0.2) is 29.6 Å². The predicted octanol–water partition coefficient (Wildman–Crippen LogP) is 1.99. The summed E-state index contributed by atoms with van der Waals surface area (Å²) in [4.78, 5) is 2.35. The lowest BCUT2D eigenvalue weighted by Crippen LogP contribution is -2.36. The smallest absolute Gasteiger partial charge is 0.0950 e. The molecule has 86 valence electrons. The average Bonchev–Trinajstić information content (AvgIpc) is 3.03. The number of likely N-dealkylation sites (N-methyl/N-ethyl adjacent to an activating group) is 1. The number of hydrogen-bond acceptors (Lipinski definition) is 2. The molecule has 2 heteroatoms. The summed E-state index contributed by atoms with van der Waals surface area (Å²) in [6, 6.07) is 8.58. The van der Waals surface area contributed by atoms with Crippen LogP contribution in [0.1, 0.15) is 30.1 Å². The van der Waals surface area contributed by atoms with Crippen LogP contribution in [0.3, 0.4) is 0 Å². The van der Waals surface area contributed by atoms with Crippen LogP contribution in [0.25, 0.3) is 0 Å². The van der Waals surface area contributed by atoms with Gasteiger partial charge in [0.05, 0.1) is 6.10 Å². The zero-order chi connectivity index (χ0) is 11.1. The number of aliphatic hydroxyl groups excluding tert-OH is 1. The van der Waals surface area contributed by atoms with Crippen LogP contribution in [-0.2, 0) is 6.42 Å². The molecule has 1 N–H and O–H groups in total. The molecule has 2 aliphatic carbocycles. The van der Waals surface area contributed by atoms with Crippen LogP contribution in [0.15, 0.2) is 24.3 Å². The third-order valence-electron chi connectivity index (χ3n) is 3.98. The maximum atomic E-state index is 10.3. The van der Waals surface area contributed by atoms with Crippen LogP contribution in [0.2, 0.25) is 0 Å². The van der Waals surface area contributed by atoms with E-state index >= 15 is 0 Å². The first-order valence-electron chi connectivity index (χ1n) is 6.22. The number of rotatable bonds is 3. The van der Waals surface area contributed by atoms with E-state index in [9.17, 15) is 5.11 Å². The molecule has 1 saturated carbocycles. The van der Waals surface area contributed by atoms with E-state index in [-0.39, 0.29) is 12.1 Å². The maximum absolute atomic E-state index is 10.3. The van der Waals surface area contributed by atoms with Crippen molar-refractivity contribution in [3.8, 4) is 0 Å². The first-order valence-corrected chi connectivity index (χ1v) is 6.22. The summed E-state index contributed by atoms with van der Waals surface area (Å²) in [6.45, 7) is 1.15. The molecule has 1 aromatic carbocycles. The van der Waals surface area contributed by atoms with Crippen molar-refractivity contribution in [2.24, 2.45) is 5.92 Å². The van der Waals surface area contributed by atoms with Crippen LogP contribution in [0.5, 0.6) is 0 Å². The Morgan fingerprint density at radius 3 is 2.75 bits per heavy atom. The number of hydrogen-bond donors (Lipinski definition) is 1. The SMILES string of the molecule is CN(CC1CC1)C1Cc2ccccc2C1O. The second kappa shape index (κ2) is 3.86. The van der Waals surface area contributed by atoms with E-state index in [2.05, 4.69) is 30.1 Å². The van der Waals surface area contributed by atoms with Crippen molar-refractivity contribution in [2.45, 2.75) is 31.4 Å². The molecule has 2 nitrogen and oxygen atoms in total. The molecule has 0 aliphatic heterocycles. The van der Waals surface area contributed by atoms with Crippen LogP contribution in [0, 0.1) is 5.92 Å². The summed E-state index contributed by atoms with van der Waals surface area (Å²) in [5, 5.41) is 10.3. The van der Waals surface area contributed by atoms with E-state index in [4.69, 9.17) is 0 Å². The summed E-state index contributed by atoms with van der Waals surface area (Å²) in [5.74, 6) is 0.890. The highest BCUT2D eigenvalue weighted by Gasteiger charge is 2.35. The monoisotopic (exact) mass is 217 g/mol. The number of aliphatic hydroxyl groups is 1. The van der Waals surface area contributed by atoms with E-state index < -0.39 is 0 Å². The molecule has 1 fully saturated rings. The fourth-order valence-corrected chi connectivity index (χ4v) is 2.79. The van der Waals surface area contributed by atoms with Gasteiger partial charge in [-0.25, -0.2) is 0 Å². The van der Waals surface area contributed by atoms with Gasteiger partial charge in [-0.1, -0.05) is 24.3 Å². The summed E-state index contributed by atoms with van der Waals surface area (Å²) in [6.07, 6.45) is 3.46. The van der Waals surface area contributed by atoms with Crippen molar-refractivity contribution >= 4 is 0 Å². The molecule has 3 rings (SSSR count). The fraction of sp³-hybridized carbons (Fsp3) is 0.571.